The van der Waals surface area contributed by atoms with Crippen molar-refractivity contribution >= 4 is 22.7 Å². The molecule has 0 saturated carbocycles. The molecule has 0 fully saturated rings. The number of nitrogens with one attached hydrogen (secondary N) is 1. The molecule has 6 nitrogen and oxygen atoms in total. The van der Waals surface area contributed by atoms with E-state index in [1.807, 2.05) is 0 Å². The van der Waals surface area contributed by atoms with E-state index >= 15 is 0 Å². The van der Waals surface area contributed by atoms with E-state index in [1.54, 1.807) is 6.92 Å². The van der Waals surface area contributed by atoms with Crippen LogP contribution < -0.4 is 5.32 Å². The minimum Gasteiger partial charge on any atom is -0.478 e. The standard InChI is InChI=1S/C13H17NO5S/c1-9(12(15)14-7-8-19-2)20(18)11-5-3-10(4-6-11)13(16)17/h3-6,9H,7-8H2,1-2H3,(H,14,15)(H,16,17). The highest BCUT2D eigenvalue weighted by molar-refractivity contribution is 7.86. The van der Waals surface area contributed by atoms with Gasteiger partial charge in [-0.3, -0.25) is 9.00 Å². The lowest BCUT2D eigenvalue weighted by Crippen LogP contribution is -2.37. The molecule has 0 spiro atoms. The first kappa shape index (κ1) is 16.3. The fraction of sp³-hybridized carbons (Fsp3) is 0.385. The number of aromatic carboxylic acids is 1. The number of carboxylic acids is 1. The van der Waals surface area contributed by atoms with Crippen molar-refractivity contribution in [3.05, 3.63) is 29.8 Å². The number of carbonyl (C=O) groups is 2. The molecule has 0 aliphatic carbocycles. The number of hydrogen-bond donors (Lipinski definition) is 2. The van der Waals surface area contributed by atoms with E-state index in [1.165, 1.54) is 31.4 Å². The number of ether oxygens (including phenoxy) is 1. The molecule has 2 atom stereocenters. The van der Waals surface area contributed by atoms with Gasteiger partial charge in [-0.25, -0.2) is 4.79 Å². The topological polar surface area (TPSA) is 92.7 Å². The van der Waals surface area contributed by atoms with Crippen LogP contribution in [-0.2, 0) is 20.3 Å². The van der Waals surface area contributed by atoms with Crippen molar-refractivity contribution < 1.29 is 23.6 Å². The second kappa shape index (κ2) is 7.76. The lowest BCUT2D eigenvalue weighted by molar-refractivity contribution is -0.120. The highest BCUT2D eigenvalue weighted by atomic mass is 32.2. The Morgan fingerprint density at radius 2 is 1.95 bits per heavy atom. The van der Waals surface area contributed by atoms with E-state index in [4.69, 9.17) is 9.84 Å². The third kappa shape index (κ3) is 4.43. The van der Waals surface area contributed by atoms with Gasteiger partial charge in [-0.15, -0.1) is 0 Å². The highest BCUT2D eigenvalue weighted by Crippen LogP contribution is 2.13. The van der Waals surface area contributed by atoms with Gasteiger partial charge in [0.15, 0.2) is 0 Å². The number of hydrogen-bond acceptors (Lipinski definition) is 4. The van der Waals surface area contributed by atoms with Gasteiger partial charge in [0.05, 0.1) is 23.0 Å². The van der Waals surface area contributed by atoms with Crippen LogP contribution >= 0.6 is 0 Å². The van der Waals surface area contributed by atoms with Gasteiger partial charge in [-0.1, -0.05) is 0 Å². The molecule has 0 aliphatic rings. The molecule has 20 heavy (non-hydrogen) atoms. The fourth-order valence-electron chi connectivity index (χ4n) is 1.45. The minimum absolute atomic E-state index is 0.114. The van der Waals surface area contributed by atoms with Crippen LogP contribution in [0.2, 0.25) is 0 Å². The lowest BCUT2D eigenvalue weighted by atomic mass is 10.2. The molecule has 2 unspecified atom stereocenters. The summed E-state index contributed by atoms with van der Waals surface area (Å²) in [7, 11) is -0.00542. The summed E-state index contributed by atoms with van der Waals surface area (Å²) < 4.78 is 17.0. The molecule has 1 rings (SSSR count). The Balaban J connectivity index is 2.68. The Morgan fingerprint density at radius 1 is 1.35 bits per heavy atom. The van der Waals surface area contributed by atoms with Crippen LogP contribution in [0.5, 0.6) is 0 Å². The number of rotatable bonds is 7. The second-order valence-electron chi connectivity index (χ2n) is 4.05. The number of benzene rings is 1. The lowest BCUT2D eigenvalue weighted by Gasteiger charge is -2.12. The van der Waals surface area contributed by atoms with Crippen LogP contribution in [0.1, 0.15) is 17.3 Å². The molecule has 1 amide bonds. The van der Waals surface area contributed by atoms with Gasteiger partial charge in [0.1, 0.15) is 5.25 Å². The molecule has 1 aromatic rings. The summed E-state index contributed by atoms with van der Waals surface area (Å²) in [5.74, 6) is -1.38. The van der Waals surface area contributed by atoms with Crippen molar-refractivity contribution in [1.29, 1.82) is 0 Å². The summed E-state index contributed by atoms with van der Waals surface area (Å²) in [6.45, 7) is 2.30. The van der Waals surface area contributed by atoms with Gasteiger partial charge in [-0.2, -0.15) is 0 Å². The van der Waals surface area contributed by atoms with Gasteiger partial charge in [-0.05, 0) is 31.2 Å². The van der Waals surface area contributed by atoms with Crippen molar-refractivity contribution in [2.75, 3.05) is 20.3 Å². The molecule has 7 heteroatoms. The molecule has 0 aromatic heterocycles. The molecule has 2 N–H and O–H groups in total. The maximum atomic E-state index is 12.2. The number of carbonyl (C=O) groups excluding carboxylic acids is 1. The molecule has 0 bridgehead atoms. The molecule has 1 aromatic carbocycles. The first-order valence-corrected chi connectivity index (χ1v) is 7.19. The van der Waals surface area contributed by atoms with Crippen LogP contribution in [-0.4, -0.2) is 46.7 Å². The number of amides is 1. The van der Waals surface area contributed by atoms with Gasteiger partial charge in [0.25, 0.3) is 0 Å². The van der Waals surface area contributed by atoms with E-state index in [2.05, 4.69) is 5.32 Å². The number of carboxylic acid groups (broad SMARTS) is 1. The van der Waals surface area contributed by atoms with Gasteiger partial charge in [0.2, 0.25) is 5.91 Å². The molecule has 110 valence electrons. The maximum absolute atomic E-state index is 12.2. The van der Waals surface area contributed by atoms with E-state index in [0.717, 1.165) is 0 Å². The van der Waals surface area contributed by atoms with Crippen molar-refractivity contribution in [1.82, 2.24) is 5.32 Å². The summed E-state index contributed by atoms with van der Waals surface area (Å²) in [5, 5.41) is 10.7. The Bertz CT molecular complexity index is 500. The Kier molecular flexibility index (Phi) is 6.33. The molecule has 0 saturated heterocycles. The van der Waals surface area contributed by atoms with Crippen LogP contribution in [0.15, 0.2) is 29.2 Å². The zero-order valence-electron chi connectivity index (χ0n) is 11.3. The molecule has 0 radical (unpaired) electrons. The Labute approximate surface area is 119 Å². The van der Waals surface area contributed by atoms with Crippen molar-refractivity contribution in [3.8, 4) is 0 Å². The number of methoxy groups -OCH3 is 1. The largest absolute Gasteiger partial charge is 0.478 e. The summed E-state index contributed by atoms with van der Waals surface area (Å²) >= 11 is 0. The summed E-state index contributed by atoms with van der Waals surface area (Å²) in [6, 6.07) is 5.65. The first-order chi connectivity index (χ1) is 9.47. The summed E-state index contributed by atoms with van der Waals surface area (Å²) in [6.07, 6.45) is 0. The molecular formula is C13H17NO5S. The molecular weight excluding hydrogens is 282 g/mol. The van der Waals surface area contributed by atoms with Crippen molar-refractivity contribution in [3.63, 3.8) is 0 Å². The SMILES string of the molecule is COCCNC(=O)C(C)S(=O)c1ccc(C(=O)O)cc1. The van der Waals surface area contributed by atoms with Crippen LogP contribution in [0.4, 0.5) is 0 Å². The monoisotopic (exact) mass is 299 g/mol. The zero-order valence-corrected chi connectivity index (χ0v) is 12.1. The summed E-state index contributed by atoms with van der Waals surface area (Å²) in [4.78, 5) is 22.9. The van der Waals surface area contributed by atoms with Crippen LogP contribution in [0.3, 0.4) is 0 Å². The summed E-state index contributed by atoms with van der Waals surface area (Å²) in [5.41, 5.74) is 0.114. The second-order valence-corrected chi connectivity index (χ2v) is 5.83. The maximum Gasteiger partial charge on any atom is 0.335 e. The normalized spacial score (nSPS) is 13.5. The Morgan fingerprint density at radius 3 is 2.45 bits per heavy atom. The smallest absolute Gasteiger partial charge is 0.335 e. The zero-order chi connectivity index (χ0) is 15.1. The van der Waals surface area contributed by atoms with Gasteiger partial charge >= 0.3 is 5.97 Å². The fourth-order valence-corrected chi connectivity index (χ4v) is 2.54. The minimum atomic E-state index is -1.53. The van der Waals surface area contributed by atoms with Gasteiger partial charge < -0.3 is 15.2 Å². The predicted molar refractivity (Wildman–Crippen MR) is 74.2 cm³/mol. The molecule has 0 aliphatic heterocycles. The predicted octanol–water partition coefficient (Wildman–Crippen LogP) is 0.643. The van der Waals surface area contributed by atoms with Crippen LogP contribution in [0, 0.1) is 0 Å². The van der Waals surface area contributed by atoms with E-state index in [-0.39, 0.29) is 11.5 Å². The van der Waals surface area contributed by atoms with Crippen LogP contribution in [0.25, 0.3) is 0 Å². The quantitative estimate of drug-likeness (QED) is 0.721. The van der Waals surface area contributed by atoms with E-state index < -0.39 is 22.0 Å². The third-order valence-electron chi connectivity index (χ3n) is 2.63. The average molecular weight is 299 g/mol. The van der Waals surface area contributed by atoms with Gasteiger partial charge in [0, 0.05) is 18.6 Å². The van der Waals surface area contributed by atoms with Crippen molar-refractivity contribution in [2.24, 2.45) is 0 Å². The Hall–Kier alpha value is -1.73. The van der Waals surface area contributed by atoms with E-state index in [0.29, 0.717) is 18.0 Å². The first-order valence-electron chi connectivity index (χ1n) is 5.98. The molecule has 0 heterocycles. The third-order valence-corrected chi connectivity index (χ3v) is 4.22. The average Bonchev–Trinajstić information content (AvgIpc) is 2.46. The van der Waals surface area contributed by atoms with E-state index in [9.17, 15) is 13.8 Å². The van der Waals surface area contributed by atoms with Crippen molar-refractivity contribution in [2.45, 2.75) is 17.1 Å². The highest BCUT2D eigenvalue weighted by Gasteiger charge is 2.21.